The van der Waals surface area contributed by atoms with Crippen molar-refractivity contribution >= 4 is 11.6 Å². The highest BCUT2D eigenvalue weighted by Gasteiger charge is 2.31. The molecule has 0 saturated heterocycles. The monoisotopic (exact) mass is 418 g/mol. The van der Waals surface area contributed by atoms with Gasteiger partial charge in [0.15, 0.2) is 0 Å². The number of anilines is 1. The molecule has 1 amide bonds. The first kappa shape index (κ1) is 21.1. The summed E-state index contributed by atoms with van der Waals surface area (Å²) in [5, 5.41) is 15.3. The number of alkyl halides is 3. The van der Waals surface area contributed by atoms with Crippen molar-refractivity contribution in [3.63, 3.8) is 0 Å². The van der Waals surface area contributed by atoms with Gasteiger partial charge < -0.3 is 9.73 Å². The molecule has 8 nitrogen and oxygen atoms in total. The van der Waals surface area contributed by atoms with E-state index in [0.29, 0.717) is 12.3 Å². The molecule has 0 radical (unpaired) electrons. The van der Waals surface area contributed by atoms with Gasteiger partial charge in [0.1, 0.15) is 18.4 Å². The van der Waals surface area contributed by atoms with E-state index < -0.39 is 17.6 Å². The van der Waals surface area contributed by atoms with Crippen LogP contribution in [0.1, 0.15) is 17.7 Å². The van der Waals surface area contributed by atoms with Crippen molar-refractivity contribution in [3.05, 3.63) is 60.6 Å². The fourth-order valence-electron chi connectivity index (χ4n) is 2.78. The molecule has 11 heteroatoms. The maximum atomic E-state index is 13.1. The molecular formula is C19H17F3N6O2. The van der Waals surface area contributed by atoms with Crippen LogP contribution in [0.2, 0.25) is 0 Å². The van der Waals surface area contributed by atoms with Gasteiger partial charge in [-0.05, 0) is 30.3 Å². The Balaban J connectivity index is 1.80. The summed E-state index contributed by atoms with van der Waals surface area (Å²) in [6.45, 7) is 0.430. The fraction of sp³-hybridized carbons (Fsp3) is 0.263. The van der Waals surface area contributed by atoms with Gasteiger partial charge in [0.25, 0.3) is 0 Å². The summed E-state index contributed by atoms with van der Waals surface area (Å²) in [6.07, 6.45) is -0.351. The maximum absolute atomic E-state index is 13.1. The molecular weight excluding hydrogens is 401 g/mol. The Hall–Kier alpha value is -3.65. The highest BCUT2D eigenvalue weighted by Crippen LogP contribution is 2.33. The minimum atomic E-state index is -4.57. The van der Waals surface area contributed by atoms with Crippen LogP contribution in [0.5, 0.6) is 0 Å². The van der Waals surface area contributed by atoms with Crippen molar-refractivity contribution in [1.29, 1.82) is 5.26 Å². The Kier molecular flexibility index (Phi) is 6.48. The number of furan rings is 1. The van der Waals surface area contributed by atoms with E-state index in [1.807, 2.05) is 6.07 Å². The van der Waals surface area contributed by atoms with Crippen molar-refractivity contribution in [2.75, 3.05) is 18.4 Å². The molecule has 0 bridgehead atoms. The number of rotatable bonds is 8. The average Bonchev–Trinajstić information content (AvgIpc) is 3.39. The zero-order valence-corrected chi connectivity index (χ0v) is 15.6. The minimum absolute atomic E-state index is 0.0569. The van der Waals surface area contributed by atoms with Crippen LogP contribution in [0.4, 0.5) is 18.9 Å². The summed E-state index contributed by atoms with van der Waals surface area (Å²) >= 11 is 0. The van der Waals surface area contributed by atoms with Crippen LogP contribution in [0, 0.1) is 11.3 Å². The lowest BCUT2D eigenvalue weighted by Crippen LogP contribution is -2.33. The molecule has 3 rings (SSSR count). The average molecular weight is 418 g/mol. The first-order valence-corrected chi connectivity index (χ1v) is 8.84. The molecule has 2 heterocycles. The summed E-state index contributed by atoms with van der Waals surface area (Å²) in [4.78, 5) is 18.1. The van der Waals surface area contributed by atoms with Crippen molar-refractivity contribution in [3.8, 4) is 11.8 Å². The smallest absolute Gasteiger partial charge is 0.416 e. The molecule has 30 heavy (non-hydrogen) atoms. The number of carbonyl (C=O) groups is 1. The maximum Gasteiger partial charge on any atom is 0.416 e. The third-order valence-electron chi connectivity index (χ3n) is 4.13. The molecule has 0 atom stereocenters. The minimum Gasteiger partial charge on any atom is -0.468 e. The van der Waals surface area contributed by atoms with Crippen molar-refractivity contribution < 1.29 is 22.4 Å². The van der Waals surface area contributed by atoms with E-state index in [1.165, 1.54) is 29.7 Å². The van der Waals surface area contributed by atoms with E-state index in [-0.39, 0.29) is 30.9 Å². The first-order valence-electron chi connectivity index (χ1n) is 8.84. The molecule has 0 fully saturated rings. The van der Waals surface area contributed by atoms with Gasteiger partial charge >= 0.3 is 6.18 Å². The van der Waals surface area contributed by atoms with Gasteiger partial charge in [-0.1, -0.05) is 0 Å². The quantitative estimate of drug-likeness (QED) is 0.603. The number of aromatic nitrogens is 3. The molecule has 0 aliphatic rings. The fourth-order valence-corrected chi connectivity index (χ4v) is 2.78. The molecule has 0 saturated carbocycles. The lowest BCUT2D eigenvalue weighted by molar-refractivity contribution is -0.137. The standard InChI is InChI=1S/C19H17F3N6O2/c20-19(21,22)14-4-5-17(28-13-24-12-25-28)16(9-14)26-18(29)11-27(7-2-6-23)10-15-3-1-8-30-15/h1,3-5,8-9,12-13H,2,7,10-11H2,(H,26,29). The first-order chi connectivity index (χ1) is 14.4. The van der Waals surface area contributed by atoms with Gasteiger partial charge in [-0.15, -0.1) is 0 Å². The van der Waals surface area contributed by atoms with Crippen molar-refractivity contribution in [2.24, 2.45) is 0 Å². The van der Waals surface area contributed by atoms with Crippen molar-refractivity contribution in [1.82, 2.24) is 19.7 Å². The Morgan fingerprint density at radius 3 is 2.80 bits per heavy atom. The largest absolute Gasteiger partial charge is 0.468 e. The molecule has 0 unspecified atom stereocenters. The number of hydrogen-bond donors (Lipinski definition) is 1. The Morgan fingerprint density at radius 1 is 1.33 bits per heavy atom. The third kappa shape index (κ3) is 5.45. The van der Waals surface area contributed by atoms with Gasteiger partial charge in [-0.3, -0.25) is 9.69 Å². The van der Waals surface area contributed by atoms with Crippen LogP contribution in [0.15, 0.2) is 53.7 Å². The van der Waals surface area contributed by atoms with Crippen molar-refractivity contribution in [2.45, 2.75) is 19.1 Å². The lowest BCUT2D eigenvalue weighted by Gasteiger charge is -2.20. The summed E-state index contributed by atoms with van der Waals surface area (Å²) < 4.78 is 46.0. The summed E-state index contributed by atoms with van der Waals surface area (Å²) in [5.41, 5.74) is -0.722. The number of nitrogens with zero attached hydrogens (tertiary/aromatic N) is 5. The van der Waals surface area contributed by atoms with Gasteiger partial charge in [0.05, 0.1) is 42.4 Å². The molecule has 156 valence electrons. The predicted octanol–water partition coefficient (Wildman–Crippen LogP) is 3.23. The van der Waals surface area contributed by atoms with Crippen LogP contribution in [0.25, 0.3) is 5.69 Å². The number of carbonyl (C=O) groups excluding carboxylic acids is 1. The molecule has 0 aliphatic carbocycles. The number of amides is 1. The van der Waals surface area contributed by atoms with E-state index in [1.54, 1.807) is 17.0 Å². The number of nitriles is 1. The predicted molar refractivity (Wildman–Crippen MR) is 99.2 cm³/mol. The van der Waals surface area contributed by atoms with Crippen LogP contribution >= 0.6 is 0 Å². The van der Waals surface area contributed by atoms with Crippen LogP contribution in [-0.2, 0) is 17.5 Å². The summed E-state index contributed by atoms with van der Waals surface area (Å²) in [7, 11) is 0. The lowest BCUT2D eigenvalue weighted by atomic mass is 10.1. The normalized spacial score (nSPS) is 11.4. The Bertz CT molecular complexity index is 1010. The van der Waals surface area contributed by atoms with E-state index in [9.17, 15) is 18.0 Å². The van der Waals surface area contributed by atoms with Gasteiger partial charge in [-0.25, -0.2) is 9.67 Å². The number of benzene rings is 1. The molecule has 0 spiro atoms. The SMILES string of the molecule is N#CCCN(CC(=O)Nc1cc(C(F)(F)F)ccc1-n1cncn1)Cc1ccco1. The molecule has 2 aromatic heterocycles. The third-order valence-corrected chi connectivity index (χ3v) is 4.13. The second-order valence-corrected chi connectivity index (χ2v) is 6.32. The number of halogens is 3. The highest BCUT2D eigenvalue weighted by atomic mass is 19.4. The molecule has 3 aromatic rings. The number of hydrogen-bond acceptors (Lipinski definition) is 6. The Morgan fingerprint density at radius 2 is 2.17 bits per heavy atom. The summed E-state index contributed by atoms with van der Waals surface area (Å²) in [6, 6.07) is 8.40. The zero-order chi connectivity index (χ0) is 21.6. The summed E-state index contributed by atoms with van der Waals surface area (Å²) in [5.74, 6) is 0.0586. The Labute approximate surface area is 169 Å². The van der Waals surface area contributed by atoms with Crippen LogP contribution < -0.4 is 5.32 Å². The molecule has 1 aromatic carbocycles. The molecule has 1 N–H and O–H groups in total. The van der Waals surface area contributed by atoms with E-state index in [4.69, 9.17) is 9.68 Å². The van der Waals surface area contributed by atoms with Crippen LogP contribution in [-0.4, -0.2) is 38.7 Å². The molecule has 0 aliphatic heterocycles. The van der Waals surface area contributed by atoms with E-state index >= 15 is 0 Å². The zero-order valence-electron chi connectivity index (χ0n) is 15.6. The van der Waals surface area contributed by atoms with Gasteiger partial charge in [0, 0.05) is 13.0 Å². The van der Waals surface area contributed by atoms with E-state index in [0.717, 1.165) is 12.1 Å². The van der Waals surface area contributed by atoms with Crippen LogP contribution in [0.3, 0.4) is 0 Å². The second-order valence-electron chi connectivity index (χ2n) is 6.32. The second kappa shape index (κ2) is 9.23. The number of nitrogens with one attached hydrogen (secondary N) is 1. The topological polar surface area (TPSA) is 100.0 Å². The highest BCUT2D eigenvalue weighted by molar-refractivity contribution is 5.94. The van der Waals surface area contributed by atoms with Gasteiger partial charge in [0.2, 0.25) is 5.91 Å². The van der Waals surface area contributed by atoms with Gasteiger partial charge in [-0.2, -0.15) is 23.5 Å². The van der Waals surface area contributed by atoms with E-state index in [2.05, 4.69) is 15.4 Å².